The van der Waals surface area contributed by atoms with Gasteiger partial charge in [-0.3, -0.25) is 0 Å². The van der Waals surface area contributed by atoms with Crippen LogP contribution in [0.15, 0.2) is 91.0 Å². The second kappa shape index (κ2) is 9.03. The zero-order valence-electron chi connectivity index (χ0n) is 16.4. The summed E-state index contributed by atoms with van der Waals surface area (Å²) in [4.78, 5) is 2.32. The van der Waals surface area contributed by atoms with Crippen molar-refractivity contribution >= 4 is 18.5 Å². The van der Waals surface area contributed by atoms with Gasteiger partial charge in [-0.25, -0.2) is 0 Å². The summed E-state index contributed by atoms with van der Waals surface area (Å²) in [5.74, 6) is 1.40. The molecule has 0 aromatic heterocycles. The topological polar surface area (TPSA) is 3.24 Å². The van der Waals surface area contributed by atoms with Crippen LogP contribution in [0, 0.1) is 30.8 Å². The van der Waals surface area contributed by atoms with E-state index in [2.05, 4.69) is 129 Å². The Hall–Kier alpha value is -1.95. The number of hydrogen-bond acceptors (Lipinski definition) is 1. The van der Waals surface area contributed by atoms with Crippen LogP contribution in [-0.4, -0.2) is 19.0 Å². The summed E-state index contributed by atoms with van der Waals surface area (Å²) in [7, 11) is 3.73. The van der Waals surface area contributed by atoms with Gasteiger partial charge in [0.25, 0.3) is 0 Å². The molecule has 0 N–H and O–H groups in total. The van der Waals surface area contributed by atoms with Crippen molar-refractivity contribution in [1.29, 1.82) is 0 Å². The van der Waals surface area contributed by atoms with E-state index >= 15 is 0 Å². The summed E-state index contributed by atoms with van der Waals surface area (Å²) in [5, 5.41) is 2.78. The van der Waals surface area contributed by atoms with Crippen LogP contribution < -0.4 is 10.6 Å². The molecule has 0 bridgehead atoms. The van der Waals surface area contributed by atoms with Crippen LogP contribution >= 0.6 is 7.92 Å². The third-order valence-corrected chi connectivity index (χ3v) is 7.54. The van der Waals surface area contributed by atoms with Gasteiger partial charge in [0.1, 0.15) is 0 Å². The van der Waals surface area contributed by atoms with E-state index in [0.29, 0.717) is 0 Å². The first-order valence-corrected chi connectivity index (χ1v) is 11.0. The Kier molecular flexibility index (Phi) is 6.25. The van der Waals surface area contributed by atoms with Crippen molar-refractivity contribution in [3.05, 3.63) is 127 Å². The van der Waals surface area contributed by atoms with Gasteiger partial charge in [-0.15, -0.1) is 0 Å². The van der Waals surface area contributed by atoms with Gasteiger partial charge in [0.05, 0.1) is 0 Å². The number of benzene rings is 3. The molecule has 1 atom stereocenters. The van der Waals surface area contributed by atoms with Crippen molar-refractivity contribution in [1.82, 2.24) is 4.90 Å². The quantitative estimate of drug-likeness (QED) is 0.533. The second-order valence-corrected chi connectivity index (χ2v) is 9.34. The van der Waals surface area contributed by atoms with Crippen LogP contribution in [0.1, 0.15) is 11.6 Å². The minimum absolute atomic E-state index is 0.239. The molecule has 1 aliphatic rings. The normalized spacial score (nSPS) is 16.7. The summed E-state index contributed by atoms with van der Waals surface area (Å²) in [5.41, 5.74) is 2.77. The largest absolute Gasteiger partial charge is 0.302 e. The van der Waals surface area contributed by atoms with E-state index in [1.807, 2.05) is 0 Å². The van der Waals surface area contributed by atoms with Crippen LogP contribution in [-0.2, 0) is 0 Å². The number of hydrogen-bond donors (Lipinski definition) is 0. The first kappa shape index (κ1) is 19.4. The molecular formula is C26H25NP. The van der Waals surface area contributed by atoms with Gasteiger partial charge in [0.15, 0.2) is 0 Å². The lowest BCUT2D eigenvalue weighted by Gasteiger charge is -2.37. The zero-order chi connectivity index (χ0) is 19.3. The fraction of sp³-hybridized carbons (Fsp3) is 0.115. The number of rotatable bonds is 6. The Morgan fingerprint density at radius 1 is 0.643 bits per heavy atom. The standard InChI is InChI=1S/C26H25NP/c1-27(2)26(21-13-6-3-7-14-21)24-19-12-20-25(24)28(22-15-8-4-9-16-22)23-17-10-5-11-18-23/h3-20,26H,1-2H3/t26-/m0/s1. The maximum Gasteiger partial charge on any atom is 0.0417 e. The highest BCUT2D eigenvalue weighted by atomic mass is 31.1. The summed E-state index contributed by atoms with van der Waals surface area (Å²) in [6.07, 6.45) is 6.83. The molecule has 1 nitrogen and oxygen atoms in total. The molecule has 0 saturated heterocycles. The van der Waals surface area contributed by atoms with Gasteiger partial charge < -0.3 is 4.90 Å². The summed E-state index contributed by atoms with van der Waals surface area (Å²) >= 11 is 0. The lowest BCUT2D eigenvalue weighted by molar-refractivity contribution is 0.319. The van der Waals surface area contributed by atoms with Gasteiger partial charge in [0.2, 0.25) is 0 Å². The molecule has 3 aromatic rings. The minimum Gasteiger partial charge on any atom is -0.302 e. The van der Waals surface area contributed by atoms with Crippen molar-refractivity contribution in [2.24, 2.45) is 0 Å². The highest BCUT2D eigenvalue weighted by molar-refractivity contribution is 7.76. The lowest BCUT2D eigenvalue weighted by Crippen LogP contribution is -2.29. The Morgan fingerprint density at radius 2 is 1.14 bits per heavy atom. The summed E-state index contributed by atoms with van der Waals surface area (Å²) in [6.45, 7) is 0. The fourth-order valence-corrected chi connectivity index (χ4v) is 6.32. The van der Waals surface area contributed by atoms with Crippen molar-refractivity contribution in [2.75, 3.05) is 14.1 Å². The molecule has 28 heavy (non-hydrogen) atoms. The molecule has 0 spiro atoms. The molecule has 139 valence electrons. The molecule has 0 aliphatic heterocycles. The molecule has 2 heteroatoms. The summed E-state index contributed by atoms with van der Waals surface area (Å²) in [6, 6.07) is 32.9. The van der Waals surface area contributed by atoms with E-state index in [4.69, 9.17) is 0 Å². The molecule has 0 heterocycles. The molecule has 0 amide bonds. The van der Waals surface area contributed by atoms with E-state index in [9.17, 15) is 0 Å². The van der Waals surface area contributed by atoms with Crippen molar-refractivity contribution in [3.8, 4) is 0 Å². The SMILES string of the molecule is CN(C)[C@H]([C]1[CH][CH][CH][C]1P(c1ccccc1)c1ccccc1)c1ccccc1. The molecule has 1 fully saturated rings. The van der Waals surface area contributed by atoms with E-state index in [1.54, 1.807) is 0 Å². The minimum atomic E-state index is -0.604. The Bertz CT molecular complexity index is 808. The van der Waals surface area contributed by atoms with E-state index < -0.39 is 7.92 Å². The fourth-order valence-electron chi connectivity index (χ4n) is 3.83. The van der Waals surface area contributed by atoms with Gasteiger partial charge in [-0.2, -0.15) is 0 Å². The highest BCUT2D eigenvalue weighted by Crippen LogP contribution is 2.59. The average molecular weight is 382 g/mol. The Labute approximate surface area is 171 Å². The van der Waals surface area contributed by atoms with Crippen LogP contribution in [0.3, 0.4) is 0 Å². The predicted octanol–water partition coefficient (Wildman–Crippen LogP) is 5.16. The van der Waals surface area contributed by atoms with Crippen molar-refractivity contribution in [3.63, 3.8) is 0 Å². The lowest BCUT2D eigenvalue weighted by atomic mass is 9.90. The molecule has 5 radical (unpaired) electrons. The predicted molar refractivity (Wildman–Crippen MR) is 121 cm³/mol. The molecular weight excluding hydrogens is 357 g/mol. The van der Waals surface area contributed by atoms with Gasteiger partial charge in [0, 0.05) is 17.6 Å². The first-order chi connectivity index (χ1) is 13.8. The van der Waals surface area contributed by atoms with Crippen LogP contribution in [0.2, 0.25) is 0 Å². The molecule has 1 saturated carbocycles. The molecule has 1 aliphatic carbocycles. The van der Waals surface area contributed by atoms with Crippen molar-refractivity contribution < 1.29 is 0 Å². The smallest absolute Gasteiger partial charge is 0.0417 e. The third kappa shape index (κ3) is 4.07. The van der Waals surface area contributed by atoms with Crippen molar-refractivity contribution in [2.45, 2.75) is 6.04 Å². The van der Waals surface area contributed by atoms with Gasteiger partial charge in [-0.1, -0.05) is 91.0 Å². The number of nitrogens with zero attached hydrogens (tertiary/aromatic N) is 1. The second-order valence-electron chi connectivity index (χ2n) is 7.15. The van der Waals surface area contributed by atoms with E-state index in [1.165, 1.54) is 27.7 Å². The van der Waals surface area contributed by atoms with E-state index in [0.717, 1.165) is 0 Å². The van der Waals surface area contributed by atoms with Gasteiger partial charge >= 0.3 is 0 Å². The maximum absolute atomic E-state index is 2.32. The van der Waals surface area contributed by atoms with E-state index in [-0.39, 0.29) is 6.04 Å². The Balaban J connectivity index is 1.75. The van der Waals surface area contributed by atoms with Crippen LogP contribution in [0.25, 0.3) is 0 Å². The molecule has 4 rings (SSSR count). The van der Waals surface area contributed by atoms with Crippen LogP contribution in [0.5, 0.6) is 0 Å². The average Bonchev–Trinajstić information content (AvgIpc) is 3.19. The highest BCUT2D eigenvalue weighted by Gasteiger charge is 2.42. The zero-order valence-corrected chi connectivity index (χ0v) is 17.3. The first-order valence-electron chi connectivity index (χ1n) is 9.63. The summed E-state index contributed by atoms with van der Waals surface area (Å²) < 4.78 is 0. The third-order valence-electron chi connectivity index (χ3n) is 5.02. The monoisotopic (exact) mass is 382 g/mol. The molecule has 0 unspecified atom stereocenters. The van der Waals surface area contributed by atoms with Crippen LogP contribution in [0.4, 0.5) is 0 Å². The Morgan fingerprint density at radius 3 is 1.64 bits per heavy atom. The molecule has 3 aromatic carbocycles. The van der Waals surface area contributed by atoms with Gasteiger partial charge in [-0.05, 0) is 57.5 Å². The maximum atomic E-state index is 2.32.